The van der Waals surface area contributed by atoms with Crippen LogP contribution in [0.2, 0.25) is 0 Å². The Kier molecular flexibility index (Phi) is 7.61. The Morgan fingerprint density at radius 1 is 1.00 bits per heavy atom. The molecule has 1 saturated carbocycles. The minimum atomic E-state index is -1.26. The molecule has 1 aliphatic carbocycles. The van der Waals surface area contributed by atoms with Crippen LogP contribution in [0.25, 0.3) is 0 Å². The third kappa shape index (κ3) is 5.26. The number of rotatable bonds is 7. The van der Waals surface area contributed by atoms with Crippen LogP contribution in [0, 0.1) is 17.6 Å². The summed E-state index contributed by atoms with van der Waals surface area (Å²) >= 11 is 0. The maximum absolute atomic E-state index is 14.2. The number of hydrogen-bond donors (Lipinski definition) is 0. The van der Waals surface area contributed by atoms with Gasteiger partial charge in [-0.05, 0) is 74.3 Å². The maximum Gasteiger partial charge on any atom is 0.343 e. The average molecular weight is 414 g/mol. The summed E-state index contributed by atoms with van der Waals surface area (Å²) in [5.74, 6) is -2.58. The molecule has 2 aromatic rings. The van der Waals surface area contributed by atoms with E-state index in [4.69, 9.17) is 9.47 Å². The first kappa shape index (κ1) is 22.0. The van der Waals surface area contributed by atoms with E-state index in [2.05, 4.69) is 6.92 Å². The third-order valence-corrected chi connectivity index (χ3v) is 5.71. The van der Waals surface area contributed by atoms with Gasteiger partial charge >= 0.3 is 5.97 Å². The number of ether oxygens (including phenoxy) is 2. The second kappa shape index (κ2) is 10.4. The van der Waals surface area contributed by atoms with Crippen molar-refractivity contribution in [3.63, 3.8) is 0 Å². The first-order valence-electron chi connectivity index (χ1n) is 10.6. The van der Waals surface area contributed by atoms with Gasteiger partial charge in [-0.2, -0.15) is 8.78 Å². The lowest BCUT2D eigenvalue weighted by Crippen LogP contribution is -2.14. The fourth-order valence-corrected chi connectivity index (χ4v) is 4.07. The summed E-state index contributed by atoms with van der Waals surface area (Å²) in [6.07, 6.45) is 10.2. The van der Waals surface area contributed by atoms with Crippen molar-refractivity contribution in [3.05, 3.63) is 71.5 Å². The third-order valence-electron chi connectivity index (χ3n) is 5.71. The van der Waals surface area contributed by atoms with Gasteiger partial charge < -0.3 is 9.47 Å². The van der Waals surface area contributed by atoms with Gasteiger partial charge in [-0.15, -0.1) is 0 Å². The summed E-state index contributed by atoms with van der Waals surface area (Å²) in [4.78, 5) is 12.4. The number of halogens is 2. The van der Waals surface area contributed by atoms with Gasteiger partial charge in [0.15, 0.2) is 11.5 Å². The van der Waals surface area contributed by atoms with E-state index in [1.165, 1.54) is 62.5 Å². The van der Waals surface area contributed by atoms with Crippen LogP contribution < -0.4 is 9.47 Å². The van der Waals surface area contributed by atoms with Crippen LogP contribution in [0.1, 0.15) is 74.2 Å². The van der Waals surface area contributed by atoms with Crippen LogP contribution in [0.15, 0.2) is 48.7 Å². The van der Waals surface area contributed by atoms with Gasteiger partial charge in [0, 0.05) is 0 Å². The molecule has 0 atom stereocenters. The molecule has 0 bridgehead atoms. The molecule has 5 heteroatoms. The largest absolute Gasteiger partial charge is 0.462 e. The zero-order valence-corrected chi connectivity index (χ0v) is 17.5. The molecule has 0 radical (unpaired) electrons. The molecule has 0 heterocycles. The molecule has 160 valence electrons. The lowest BCUT2D eigenvalue weighted by Gasteiger charge is -2.28. The minimum Gasteiger partial charge on any atom is -0.462 e. The van der Waals surface area contributed by atoms with Gasteiger partial charge in [-0.25, -0.2) is 4.79 Å². The molecule has 3 nitrogen and oxygen atoms in total. The Hall–Kier alpha value is -2.69. The van der Waals surface area contributed by atoms with E-state index in [0.29, 0.717) is 11.5 Å². The van der Waals surface area contributed by atoms with Crippen LogP contribution >= 0.6 is 0 Å². The van der Waals surface area contributed by atoms with E-state index in [0.717, 1.165) is 5.92 Å². The van der Waals surface area contributed by atoms with Gasteiger partial charge in [-0.1, -0.05) is 38.0 Å². The van der Waals surface area contributed by atoms with Gasteiger partial charge in [0.25, 0.3) is 0 Å². The lowest BCUT2D eigenvalue weighted by molar-refractivity contribution is 0.0726. The van der Waals surface area contributed by atoms with Crippen molar-refractivity contribution in [2.75, 3.05) is 0 Å². The van der Waals surface area contributed by atoms with Crippen molar-refractivity contribution >= 4 is 5.97 Å². The molecule has 0 spiro atoms. The predicted molar refractivity (Wildman–Crippen MR) is 113 cm³/mol. The van der Waals surface area contributed by atoms with Gasteiger partial charge in [-0.3, -0.25) is 0 Å². The maximum atomic E-state index is 14.2. The van der Waals surface area contributed by atoms with Crippen molar-refractivity contribution in [1.82, 2.24) is 0 Å². The molecular formula is C25H28F2O3. The highest BCUT2D eigenvalue weighted by molar-refractivity contribution is 5.91. The lowest BCUT2D eigenvalue weighted by atomic mass is 9.77. The van der Waals surface area contributed by atoms with Crippen LogP contribution in [-0.4, -0.2) is 5.97 Å². The molecule has 30 heavy (non-hydrogen) atoms. The van der Waals surface area contributed by atoms with Crippen molar-refractivity contribution in [3.8, 4) is 11.5 Å². The molecule has 0 aromatic heterocycles. The molecule has 3 rings (SSSR count). The Morgan fingerprint density at radius 3 is 2.27 bits per heavy atom. The van der Waals surface area contributed by atoms with E-state index in [1.54, 1.807) is 25.1 Å². The van der Waals surface area contributed by atoms with E-state index >= 15 is 0 Å². The first-order chi connectivity index (χ1) is 14.5. The molecule has 1 fully saturated rings. The molecule has 0 amide bonds. The molecule has 2 aromatic carbocycles. The second-order valence-electron chi connectivity index (χ2n) is 7.79. The summed E-state index contributed by atoms with van der Waals surface area (Å²) in [5, 5.41) is 0. The Morgan fingerprint density at radius 2 is 1.63 bits per heavy atom. The molecule has 0 N–H and O–H groups in total. The summed E-state index contributed by atoms with van der Waals surface area (Å²) in [6, 6.07) is 9.65. The van der Waals surface area contributed by atoms with E-state index in [9.17, 15) is 13.6 Å². The SMILES string of the molecule is C/C=C/Oc1ccc(OC(=O)c2ccc(C3CCC(CCC)CC3)cc2)c(F)c1F. The van der Waals surface area contributed by atoms with Crippen molar-refractivity contribution in [2.45, 2.75) is 58.3 Å². The standard InChI is InChI=1S/C25H28F2O3/c1-3-5-17-6-8-18(9-7-17)19-10-12-20(13-11-19)25(28)30-22-15-14-21(29-16-4-2)23(26)24(22)27/h4,10-18H,3,5-9H2,1-2H3/b16-4+. The summed E-state index contributed by atoms with van der Waals surface area (Å²) < 4.78 is 38.3. The fourth-order valence-electron chi connectivity index (χ4n) is 4.07. The number of carbonyl (C=O) groups is 1. The van der Waals surface area contributed by atoms with Crippen LogP contribution in [0.3, 0.4) is 0 Å². The predicted octanol–water partition coefficient (Wildman–Crippen LogP) is 7.17. The summed E-state index contributed by atoms with van der Waals surface area (Å²) in [5.41, 5.74) is 1.51. The number of carbonyl (C=O) groups excluding carboxylic acids is 1. The fraction of sp³-hybridized carbons (Fsp3) is 0.400. The number of hydrogen-bond acceptors (Lipinski definition) is 3. The molecule has 1 aliphatic rings. The molecular weight excluding hydrogens is 386 g/mol. The van der Waals surface area contributed by atoms with Crippen molar-refractivity contribution in [2.24, 2.45) is 5.92 Å². The zero-order chi connectivity index (χ0) is 21.5. The second-order valence-corrected chi connectivity index (χ2v) is 7.79. The Bertz CT molecular complexity index is 882. The highest BCUT2D eigenvalue weighted by Crippen LogP contribution is 2.37. The molecule has 0 unspecified atom stereocenters. The van der Waals surface area contributed by atoms with E-state index < -0.39 is 23.4 Å². The number of allylic oxidation sites excluding steroid dienone is 1. The van der Waals surface area contributed by atoms with Crippen molar-refractivity contribution < 1.29 is 23.0 Å². The van der Waals surface area contributed by atoms with E-state index in [-0.39, 0.29) is 5.75 Å². The average Bonchev–Trinajstić information content (AvgIpc) is 2.77. The summed E-state index contributed by atoms with van der Waals surface area (Å²) in [7, 11) is 0. The van der Waals surface area contributed by atoms with Gasteiger partial charge in [0.2, 0.25) is 11.6 Å². The quantitative estimate of drug-likeness (QED) is 0.274. The Labute approximate surface area is 176 Å². The molecule has 0 aliphatic heterocycles. The molecule has 0 saturated heterocycles. The van der Waals surface area contributed by atoms with Gasteiger partial charge in [0.05, 0.1) is 11.8 Å². The summed E-state index contributed by atoms with van der Waals surface area (Å²) in [6.45, 7) is 3.92. The van der Waals surface area contributed by atoms with Gasteiger partial charge in [0.1, 0.15) is 0 Å². The van der Waals surface area contributed by atoms with Crippen LogP contribution in [0.4, 0.5) is 8.78 Å². The highest BCUT2D eigenvalue weighted by Gasteiger charge is 2.23. The normalized spacial score (nSPS) is 19.1. The van der Waals surface area contributed by atoms with Crippen molar-refractivity contribution in [1.29, 1.82) is 0 Å². The first-order valence-corrected chi connectivity index (χ1v) is 10.6. The van der Waals surface area contributed by atoms with Crippen LogP contribution in [0.5, 0.6) is 11.5 Å². The van der Waals surface area contributed by atoms with Crippen LogP contribution in [-0.2, 0) is 0 Å². The minimum absolute atomic E-state index is 0.275. The monoisotopic (exact) mass is 414 g/mol. The zero-order valence-electron chi connectivity index (χ0n) is 17.5. The highest BCUT2D eigenvalue weighted by atomic mass is 19.2. The number of benzene rings is 2. The number of esters is 1. The topological polar surface area (TPSA) is 35.5 Å². The van der Waals surface area contributed by atoms with E-state index in [1.807, 2.05) is 12.1 Å². The Balaban J connectivity index is 1.63. The smallest absolute Gasteiger partial charge is 0.343 e.